The lowest BCUT2D eigenvalue weighted by Gasteiger charge is -2.34. The molecule has 1 aromatic heterocycles. The zero-order chi connectivity index (χ0) is 20.7. The summed E-state index contributed by atoms with van der Waals surface area (Å²) in [5.74, 6) is 1.70. The molecule has 2 aliphatic heterocycles. The molecule has 2 amide bonds. The van der Waals surface area contributed by atoms with E-state index in [0.29, 0.717) is 37.0 Å². The maximum atomic E-state index is 13.2. The van der Waals surface area contributed by atoms with Crippen molar-refractivity contribution < 1.29 is 9.59 Å². The third-order valence-corrected chi connectivity index (χ3v) is 6.52. The van der Waals surface area contributed by atoms with Crippen LogP contribution in [0.2, 0.25) is 0 Å². The van der Waals surface area contributed by atoms with Crippen molar-refractivity contribution in [3.05, 3.63) is 48.5 Å². The first kappa shape index (κ1) is 18.9. The molecule has 8 heteroatoms. The van der Waals surface area contributed by atoms with Gasteiger partial charge in [-0.15, -0.1) is 11.8 Å². The number of carbonyl (C=O) groups excluding carboxylic acids is 2. The average Bonchev–Trinajstić information content (AvgIpc) is 2.77. The Hall–Kier alpha value is -3.13. The number of benzene rings is 2. The molecule has 0 fully saturated rings. The van der Waals surface area contributed by atoms with Crippen molar-refractivity contribution in [3.63, 3.8) is 0 Å². The van der Waals surface area contributed by atoms with E-state index in [9.17, 15) is 9.59 Å². The van der Waals surface area contributed by atoms with Crippen LogP contribution in [0.15, 0.2) is 53.4 Å². The van der Waals surface area contributed by atoms with Gasteiger partial charge < -0.3 is 9.80 Å². The van der Waals surface area contributed by atoms with E-state index in [2.05, 4.69) is 0 Å². The van der Waals surface area contributed by atoms with E-state index in [1.807, 2.05) is 60.5 Å². The van der Waals surface area contributed by atoms with Crippen molar-refractivity contribution in [2.45, 2.75) is 11.3 Å². The van der Waals surface area contributed by atoms with Gasteiger partial charge in [0.1, 0.15) is 0 Å². The van der Waals surface area contributed by atoms with E-state index < -0.39 is 0 Å². The largest absolute Gasteiger partial charge is 0.355 e. The van der Waals surface area contributed by atoms with Gasteiger partial charge >= 0.3 is 0 Å². The van der Waals surface area contributed by atoms with Crippen LogP contribution in [-0.2, 0) is 9.59 Å². The zero-order valence-electron chi connectivity index (χ0n) is 16.6. The highest BCUT2D eigenvalue weighted by molar-refractivity contribution is 8.00. The molecule has 152 valence electrons. The SMILES string of the molecule is CN1CCN(C(=O)CCN2C(=O)CSc3ccccc32)c2nc3ccccc3nc21. The molecule has 0 N–H and O–H groups in total. The van der Waals surface area contributed by atoms with Gasteiger partial charge in [0.25, 0.3) is 0 Å². The third-order valence-electron chi connectivity index (χ3n) is 5.47. The van der Waals surface area contributed by atoms with Crippen LogP contribution in [0.25, 0.3) is 11.0 Å². The van der Waals surface area contributed by atoms with Crippen LogP contribution in [-0.4, -0.2) is 54.2 Å². The summed E-state index contributed by atoms with van der Waals surface area (Å²) in [5, 5.41) is 0. The Morgan fingerprint density at radius 2 is 1.70 bits per heavy atom. The number of carbonyl (C=O) groups is 2. The molecule has 0 unspecified atom stereocenters. The van der Waals surface area contributed by atoms with Crippen molar-refractivity contribution in [1.82, 2.24) is 9.97 Å². The van der Waals surface area contributed by atoms with Gasteiger partial charge in [0, 0.05) is 38.0 Å². The van der Waals surface area contributed by atoms with E-state index in [1.165, 1.54) is 0 Å². The Labute approximate surface area is 178 Å². The molecule has 3 heterocycles. The van der Waals surface area contributed by atoms with E-state index in [-0.39, 0.29) is 18.2 Å². The van der Waals surface area contributed by atoms with Crippen LogP contribution in [0, 0.1) is 0 Å². The Morgan fingerprint density at radius 1 is 1.00 bits per heavy atom. The van der Waals surface area contributed by atoms with E-state index in [1.54, 1.807) is 21.6 Å². The summed E-state index contributed by atoms with van der Waals surface area (Å²) in [6.07, 6.45) is 0.238. The topological polar surface area (TPSA) is 69.6 Å². The van der Waals surface area contributed by atoms with Crippen LogP contribution in [0.1, 0.15) is 6.42 Å². The molecule has 0 saturated heterocycles. The minimum Gasteiger partial charge on any atom is -0.355 e. The zero-order valence-corrected chi connectivity index (χ0v) is 17.4. The molecule has 2 aliphatic rings. The summed E-state index contributed by atoms with van der Waals surface area (Å²) in [4.78, 5) is 41.6. The molecule has 3 aromatic rings. The van der Waals surface area contributed by atoms with Gasteiger partial charge in [0.2, 0.25) is 11.8 Å². The highest BCUT2D eigenvalue weighted by Crippen LogP contribution is 2.35. The van der Waals surface area contributed by atoms with Crippen molar-refractivity contribution in [2.75, 3.05) is 47.1 Å². The van der Waals surface area contributed by atoms with Crippen molar-refractivity contribution in [1.29, 1.82) is 0 Å². The maximum absolute atomic E-state index is 13.2. The molecule has 5 rings (SSSR count). The fourth-order valence-corrected chi connectivity index (χ4v) is 4.80. The molecule has 0 radical (unpaired) electrons. The fourth-order valence-electron chi connectivity index (χ4n) is 3.86. The Kier molecular flexibility index (Phi) is 4.78. The van der Waals surface area contributed by atoms with Crippen molar-refractivity contribution >= 4 is 51.9 Å². The highest BCUT2D eigenvalue weighted by atomic mass is 32.2. The summed E-state index contributed by atoms with van der Waals surface area (Å²) >= 11 is 1.54. The summed E-state index contributed by atoms with van der Waals surface area (Å²) in [6, 6.07) is 15.5. The van der Waals surface area contributed by atoms with Crippen molar-refractivity contribution in [2.24, 2.45) is 0 Å². The van der Waals surface area contributed by atoms with E-state index in [4.69, 9.17) is 9.97 Å². The minimum atomic E-state index is -0.0440. The predicted molar refractivity (Wildman–Crippen MR) is 119 cm³/mol. The van der Waals surface area contributed by atoms with Gasteiger partial charge in [-0.3, -0.25) is 14.5 Å². The predicted octanol–water partition coefficient (Wildman–Crippen LogP) is 2.94. The summed E-state index contributed by atoms with van der Waals surface area (Å²) < 4.78 is 0. The number of amides is 2. The number of likely N-dealkylation sites (N-methyl/N-ethyl adjacent to an activating group) is 1. The fraction of sp³-hybridized carbons (Fsp3) is 0.273. The van der Waals surface area contributed by atoms with Gasteiger partial charge in [-0.1, -0.05) is 24.3 Å². The number of hydrogen-bond acceptors (Lipinski definition) is 6. The first-order valence-corrected chi connectivity index (χ1v) is 10.9. The standard InChI is InChI=1S/C22H21N5O2S/c1-25-12-13-27(22-21(25)23-15-6-2-3-7-16(15)24-22)19(28)10-11-26-17-8-4-5-9-18(17)30-14-20(26)29/h2-9H,10-14H2,1H3. The number of thioether (sulfide) groups is 1. The van der Waals surface area contributed by atoms with Gasteiger partial charge in [0.15, 0.2) is 11.6 Å². The van der Waals surface area contributed by atoms with Crippen LogP contribution in [0.3, 0.4) is 0 Å². The summed E-state index contributed by atoms with van der Waals surface area (Å²) in [7, 11) is 1.96. The Balaban J connectivity index is 1.40. The lowest BCUT2D eigenvalue weighted by molar-refractivity contribution is -0.118. The van der Waals surface area contributed by atoms with Crippen molar-refractivity contribution in [3.8, 4) is 0 Å². The van der Waals surface area contributed by atoms with Gasteiger partial charge in [-0.2, -0.15) is 0 Å². The third kappa shape index (κ3) is 3.27. The molecule has 0 spiro atoms. The van der Waals surface area contributed by atoms with Gasteiger partial charge in [-0.05, 0) is 24.3 Å². The number of para-hydroxylation sites is 3. The van der Waals surface area contributed by atoms with Crippen LogP contribution >= 0.6 is 11.8 Å². The number of rotatable bonds is 3. The average molecular weight is 420 g/mol. The number of nitrogens with zero attached hydrogens (tertiary/aromatic N) is 5. The molecular weight excluding hydrogens is 398 g/mol. The van der Waals surface area contributed by atoms with Gasteiger partial charge in [-0.25, -0.2) is 9.97 Å². The van der Waals surface area contributed by atoms with Crippen LogP contribution < -0.4 is 14.7 Å². The monoisotopic (exact) mass is 419 g/mol. The number of hydrogen-bond donors (Lipinski definition) is 0. The van der Waals surface area contributed by atoms with E-state index >= 15 is 0 Å². The molecule has 0 atom stereocenters. The first-order chi connectivity index (χ1) is 14.6. The van der Waals surface area contributed by atoms with E-state index in [0.717, 1.165) is 21.6 Å². The lowest BCUT2D eigenvalue weighted by atomic mass is 10.2. The van der Waals surface area contributed by atoms with Crippen LogP contribution in [0.4, 0.5) is 17.3 Å². The second-order valence-electron chi connectivity index (χ2n) is 7.38. The molecular formula is C22H21N5O2S. The quantitative estimate of drug-likeness (QED) is 0.650. The number of fused-ring (bicyclic) bond motifs is 3. The number of anilines is 3. The normalized spacial score (nSPS) is 15.9. The molecule has 7 nitrogen and oxygen atoms in total. The molecule has 30 heavy (non-hydrogen) atoms. The summed E-state index contributed by atoms with van der Waals surface area (Å²) in [6.45, 7) is 1.60. The molecule has 0 aliphatic carbocycles. The maximum Gasteiger partial charge on any atom is 0.237 e. The summed E-state index contributed by atoms with van der Waals surface area (Å²) in [5.41, 5.74) is 2.46. The highest BCUT2D eigenvalue weighted by Gasteiger charge is 2.30. The first-order valence-electron chi connectivity index (χ1n) is 9.92. The second kappa shape index (κ2) is 7.60. The Morgan fingerprint density at radius 3 is 2.50 bits per heavy atom. The Bertz CT molecular complexity index is 1150. The second-order valence-corrected chi connectivity index (χ2v) is 8.40. The number of aromatic nitrogens is 2. The lowest BCUT2D eigenvalue weighted by Crippen LogP contribution is -2.45. The van der Waals surface area contributed by atoms with Crippen LogP contribution in [0.5, 0.6) is 0 Å². The van der Waals surface area contributed by atoms with Gasteiger partial charge in [0.05, 0.1) is 22.5 Å². The molecule has 2 aromatic carbocycles. The minimum absolute atomic E-state index is 0.0380. The molecule has 0 bridgehead atoms. The molecule has 0 saturated carbocycles. The smallest absolute Gasteiger partial charge is 0.237 e.